The highest BCUT2D eigenvalue weighted by atomic mass is 16.4. The minimum Gasteiger partial charge on any atom is -0.479 e. The van der Waals surface area contributed by atoms with Crippen molar-refractivity contribution in [1.82, 2.24) is 19.9 Å². The number of benzene rings is 1. The molecule has 0 saturated heterocycles. The number of nitrogens with zero attached hydrogens (tertiary/aromatic N) is 3. The summed E-state index contributed by atoms with van der Waals surface area (Å²) in [6.07, 6.45) is 3.41. The van der Waals surface area contributed by atoms with Crippen molar-refractivity contribution in [2.75, 3.05) is 0 Å². The molecule has 23 heavy (non-hydrogen) atoms. The Hall–Kier alpha value is -3.22. The number of rotatable bonds is 4. The monoisotopic (exact) mass is 310 g/mol. The van der Waals surface area contributed by atoms with Gasteiger partial charge in [0.2, 0.25) is 0 Å². The van der Waals surface area contributed by atoms with E-state index in [-0.39, 0.29) is 5.69 Å². The van der Waals surface area contributed by atoms with Crippen molar-refractivity contribution in [2.24, 2.45) is 0 Å². The van der Waals surface area contributed by atoms with Crippen LogP contribution in [0.1, 0.15) is 27.7 Å². The van der Waals surface area contributed by atoms with E-state index in [1.54, 1.807) is 42.7 Å². The fourth-order valence-electron chi connectivity index (χ4n) is 2.22. The van der Waals surface area contributed by atoms with Gasteiger partial charge in [0, 0.05) is 18.5 Å². The molecule has 0 unspecified atom stereocenters. The molecule has 0 fully saturated rings. The van der Waals surface area contributed by atoms with Crippen LogP contribution >= 0.6 is 0 Å². The van der Waals surface area contributed by atoms with E-state index in [1.807, 2.05) is 6.92 Å². The van der Waals surface area contributed by atoms with Crippen LogP contribution in [0.4, 0.5) is 0 Å². The van der Waals surface area contributed by atoms with E-state index in [9.17, 15) is 14.7 Å². The molecule has 0 radical (unpaired) electrons. The van der Waals surface area contributed by atoms with E-state index in [4.69, 9.17) is 0 Å². The molecule has 0 saturated carbocycles. The lowest BCUT2D eigenvalue weighted by molar-refractivity contribution is -0.139. The van der Waals surface area contributed by atoms with Gasteiger partial charge in [-0.05, 0) is 18.1 Å². The van der Waals surface area contributed by atoms with E-state index in [0.29, 0.717) is 11.2 Å². The fraction of sp³-hybridized carbons (Fsp3) is 0.125. The van der Waals surface area contributed by atoms with Crippen LogP contribution in [0.3, 0.4) is 0 Å². The summed E-state index contributed by atoms with van der Waals surface area (Å²) in [5.41, 5.74) is 2.03. The molecule has 0 aliphatic rings. The van der Waals surface area contributed by atoms with Crippen molar-refractivity contribution in [3.05, 3.63) is 65.6 Å². The van der Waals surface area contributed by atoms with Crippen LogP contribution < -0.4 is 5.32 Å². The number of fused-ring (bicyclic) bond motifs is 1. The normalized spacial score (nSPS) is 12.0. The molecule has 3 aromatic rings. The van der Waals surface area contributed by atoms with Gasteiger partial charge in [0.15, 0.2) is 17.4 Å². The number of nitrogens with one attached hydrogen (secondary N) is 1. The van der Waals surface area contributed by atoms with Crippen LogP contribution in [-0.2, 0) is 4.79 Å². The maximum absolute atomic E-state index is 12.3. The number of amides is 1. The second-order valence-electron chi connectivity index (χ2n) is 5.12. The molecule has 2 N–H and O–H groups in total. The molecule has 3 rings (SSSR count). The van der Waals surface area contributed by atoms with Gasteiger partial charge in [0.05, 0.1) is 0 Å². The third-order valence-electron chi connectivity index (χ3n) is 3.33. The van der Waals surface area contributed by atoms with E-state index >= 15 is 0 Å². The summed E-state index contributed by atoms with van der Waals surface area (Å²) >= 11 is 0. The molecule has 7 heteroatoms. The lowest BCUT2D eigenvalue weighted by Gasteiger charge is -2.13. The predicted octanol–water partition coefficient (Wildman–Crippen LogP) is 1.59. The van der Waals surface area contributed by atoms with Crippen molar-refractivity contribution < 1.29 is 14.7 Å². The van der Waals surface area contributed by atoms with Crippen molar-refractivity contribution in [3.63, 3.8) is 0 Å². The molecule has 7 nitrogen and oxygen atoms in total. The van der Waals surface area contributed by atoms with Gasteiger partial charge in [-0.2, -0.15) is 5.10 Å². The zero-order valence-corrected chi connectivity index (χ0v) is 12.3. The van der Waals surface area contributed by atoms with Crippen molar-refractivity contribution >= 4 is 17.5 Å². The minimum absolute atomic E-state index is 0.116. The number of hydrogen-bond donors (Lipinski definition) is 2. The summed E-state index contributed by atoms with van der Waals surface area (Å²) in [4.78, 5) is 27.9. The number of carboxylic acids is 1. The Kier molecular flexibility index (Phi) is 3.76. The number of carboxylic acid groups (broad SMARTS) is 1. The van der Waals surface area contributed by atoms with Gasteiger partial charge in [0.1, 0.15) is 0 Å². The smallest absolute Gasteiger partial charge is 0.330 e. The van der Waals surface area contributed by atoms with Gasteiger partial charge >= 0.3 is 5.97 Å². The van der Waals surface area contributed by atoms with Crippen LogP contribution in [0.2, 0.25) is 0 Å². The molecule has 1 aromatic carbocycles. The molecular formula is C16H14N4O3. The van der Waals surface area contributed by atoms with Gasteiger partial charge < -0.3 is 10.4 Å². The lowest BCUT2D eigenvalue weighted by atomic mass is 10.1. The SMILES string of the molecule is Cc1cnc2cc(C(=O)N[C@@H](C(=O)O)c3ccccc3)nn2c1. The summed E-state index contributed by atoms with van der Waals surface area (Å²) < 4.78 is 1.49. The van der Waals surface area contributed by atoms with Crippen molar-refractivity contribution in [1.29, 1.82) is 0 Å². The first-order chi connectivity index (χ1) is 11.0. The molecular weight excluding hydrogens is 296 g/mol. The summed E-state index contributed by atoms with van der Waals surface area (Å²) in [7, 11) is 0. The summed E-state index contributed by atoms with van der Waals surface area (Å²) in [6, 6.07) is 8.88. The average molecular weight is 310 g/mol. The van der Waals surface area contributed by atoms with Crippen molar-refractivity contribution in [3.8, 4) is 0 Å². The Morgan fingerprint density at radius 2 is 2.00 bits per heavy atom. The van der Waals surface area contributed by atoms with Crippen LogP contribution in [0, 0.1) is 6.92 Å². The standard InChI is InChI=1S/C16H14N4O3/c1-10-8-17-13-7-12(19-20(13)9-10)15(21)18-14(16(22)23)11-5-3-2-4-6-11/h2-9,14H,1H3,(H,18,21)(H,22,23)/t14-/m1/s1. The summed E-state index contributed by atoms with van der Waals surface area (Å²) in [6.45, 7) is 1.86. The molecule has 1 amide bonds. The average Bonchev–Trinajstić information content (AvgIpc) is 2.96. The molecule has 116 valence electrons. The van der Waals surface area contributed by atoms with E-state index in [0.717, 1.165) is 5.56 Å². The maximum Gasteiger partial charge on any atom is 0.330 e. The largest absolute Gasteiger partial charge is 0.479 e. The number of hydrogen-bond acceptors (Lipinski definition) is 4. The van der Waals surface area contributed by atoms with E-state index < -0.39 is 17.9 Å². The molecule has 1 atom stereocenters. The molecule has 0 aliphatic heterocycles. The molecule has 0 aliphatic carbocycles. The zero-order chi connectivity index (χ0) is 16.4. The molecule has 2 aromatic heterocycles. The van der Waals surface area contributed by atoms with Gasteiger partial charge in [-0.25, -0.2) is 14.3 Å². The van der Waals surface area contributed by atoms with Crippen molar-refractivity contribution in [2.45, 2.75) is 13.0 Å². The van der Waals surface area contributed by atoms with E-state index in [2.05, 4.69) is 15.4 Å². The molecule has 2 heterocycles. The van der Waals surface area contributed by atoms with Crippen LogP contribution in [0.5, 0.6) is 0 Å². The van der Waals surface area contributed by atoms with Gasteiger partial charge in [-0.15, -0.1) is 0 Å². The Labute approximate surface area is 131 Å². The van der Waals surface area contributed by atoms with Gasteiger partial charge in [-0.1, -0.05) is 30.3 Å². The zero-order valence-electron chi connectivity index (χ0n) is 12.3. The second kappa shape index (κ2) is 5.88. The topological polar surface area (TPSA) is 96.6 Å². The highest BCUT2D eigenvalue weighted by Crippen LogP contribution is 2.14. The number of carbonyl (C=O) groups excluding carboxylic acids is 1. The van der Waals surface area contributed by atoms with Crippen LogP contribution in [-0.4, -0.2) is 31.6 Å². The van der Waals surface area contributed by atoms with Gasteiger partial charge in [-0.3, -0.25) is 4.79 Å². The summed E-state index contributed by atoms with van der Waals surface area (Å²) in [5.74, 6) is -1.70. The first-order valence-electron chi connectivity index (χ1n) is 6.95. The first kappa shape index (κ1) is 14.7. The lowest BCUT2D eigenvalue weighted by Crippen LogP contribution is -2.34. The van der Waals surface area contributed by atoms with Crippen LogP contribution in [0.25, 0.3) is 5.65 Å². The molecule has 0 spiro atoms. The molecule has 0 bridgehead atoms. The Morgan fingerprint density at radius 1 is 1.26 bits per heavy atom. The predicted molar refractivity (Wildman–Crippen MR) is 82.0 cm³/mol. The van der Waals surface area contributed by atoms with E-state index in [1.165, 1.54) is 10.6 Å². The quantitative estimate of drug-likeness (QED) is 0.763. The number of aromatic nitrogens is 3. The number of aryl methyl sites for hydroxylation is 1. The Morgan fingerprint density at radius 3 is 2.70 bits per heavy atom. The van der Waals surface area contributed by atoms with Gasteiger partial charge in [0.25, 0.3) is 5.91 Å². The number of aliphatic carboxylic acids is 1. The highest BCUT2D eigenvalue weighted by molar-refractivity contribution is 5.96. The fourth-order valence-corrected chi connectivity index (χ4v) is 2.22. The highest BCUT2D eigenvalue weighted by Gasteiger charge is 2.23. The Bertz CT molecular complexity index is 873. The third-order valence-corrected chi connectivity index (χ3v) is 3.33. The second-order valence-corrected chi connectivity index (χ2v) is 5.12. The third kappa shape index (κ3) is 3.03. The number of carbonyl (C=O) groups is 2. The minimum atomic E-state index is -1.14. The van der Waals surface area contributed by atoms with Crippen LogP contribution in [0.15, 0.2) is 48.8 Å². The first-order valence-corrected chi connectivity index (χ1v) is 6.95. The summed E-state index contributed by atoms with van der Waals surface area (Å²) in [5, 5.41) is 16.0. The Balaban J connectivity index is 1.87. The maximum atomic E-state index is 12.3.